The molecular weight excluding hydrogens is 482 g/mol. The number of anilines is 1. The summed E-state index contributed by atoms with van der Waals surface area (Å²) in [4.78, 5) is 45.2. The predicted molar refractivity (Wildman–Crippen MR) is 139 cm³/mol. The van der Waals surface area contributed by atoms with Gasteiger partial charge in [0.25, 0.3) is 5.56 Å². The summed E-state index contributed by atoms with van der Waals surface area (Å²) in [6.45, 7) is 4.02. The van der Waals surface area contributed by atoms with Gasteiger partial charge in [0.05, 0.1) is 23.9 Å². The molecule has 1 aromatic carbocycles. The fourth-order valence-corrected chi connectivity index (χ4v) is 6.81. The standard InChI is InChI=1S/C26H25N3O4S2/c1-3-33-26(32)22-17-10-9-15(2)11-19(17)35-24(22)28-20(30)12-29-14-27-23-21(25(29)31)18(13-34-23)16-7-5-4-6-8-16/h4-8,13-15H,3,9-12H2,1-2H3,(H,28,30)/t15-/m0/s1. The van der Waals surface area contributed by atoms with E-state index in [1.807, 2.05) is 35.7 Å². The molecule has 1 N–H and O–H groups in total. The zero-order valence-electron chi connectivity index (χ0n) is 19.5. The van der Waals surface area contributed by atoms with Crippen LogP contribution in [0.15, 0.2) is 46.8 Å². The summed E-state index contributed by atoms with van der Waals surface area (Å²) in [6.07, 6.45) is 4.07. The number of esters is 1. The van der Waals surface area contributed by atoms with Gasteiger partial charge in [0, 0.05) is 15.8 Å². The maximum Gasteiger partial charge on any atom is 0.341 e. The van der Waals surface area contributed by atoms with Gasteiger partial charge in [-0.2, -0.15) is 0 Å². The number of aromatic nitrogens is 2. The van der Waals surface area contributed by atoms with Gasteiger partial charge in [-0.15, -0.1) is 22.7 Å². The van der Waals surface area contributed by atoms with E-state index in [0.717, 1.165) is 40.8 Å². The van der Waals surface area contributed by atoms with Crippen LogP contribution in [-0.2, 0) is 28.9 Å². The largest absolute Gasteiger partial charge is 0.462 e. The molecule has 1 atom stereocenters. The minimum Gasteiger partial charge on any atom is -0.462 e. The summed E-state index contributed by atoms with van der Waals surface area (Å²) >= 11 is 2.84. The van der Waals surface area contributed by atoms with Crippen LogP contribution in [0.4, 0.5) is 5.00 Å². The third-order valence-corrected chi connectivity index (χ3v) is 8.26. The first kappa shape index (κ1) is 23.4. The molecular formula is C26H25N3O4S2. The highest BCUT2D eigenvalue weighted by atomic mass is 32.1. The highest BCUT2D eigenvalue weighted by molar-refractivity contribution is 7.17. The number of nitrogens with one attached hydrogen (secondary N) is 1. The Balaban J connectivity index is 1.44. The van der Waals surface area contributed by atoms with Crippen molar-refractivity contribution < 1.29 is 14.3 Å². The summed E-state index contributed by atoms with van der Waals surface area (Å²) in [5, 5.41) is 5.80. The Labute approximate surface area is 210 Å². The minimum atomic E-state index is -0.416. The molecule has 9 heteroatoms. The molecule has 1 aliphatic rings. The summed E-state index contributed by atoms with van der Waals surface area (Å²) in [7, 11) is 0. The number of carbonyl (C=O) groups excluding carboxylic acids is 2. The first-order valence-corrected chi connectivity index (χ1v) is 13.3. The van der Waals surface area contributed by atoms with Crippen LogP contribution in [0.25, 0.3) is 21.3 Å². The van der Waals surface area contributed by atoms with E-state index in [4.69, 9.17) is 4.74 Å². The normalized spacial score (nSPS) is 15.1. The third-order valence-electron chi connectivity index (χ3n) is 6.20. The minimum absolute atomic E-state index is 0.201. The van der Waals surface area contributed by atoms with Crippen molar-refractivity contribution in [3.63, 3.8) is 0 Å². The van der Waals surface area contributed by atoms with Crippen molar-refractivity contribution in [3.8, 4) is 11.1 Å². The summed E-state index contributed by atoms with van der Waals surface area (Å²) < 4.78 is 6.60. The average molecular weight is 508 g/mol. The summed E-state index contributed by atoms with van der Waals surface area (Å²) in [5.41, 5.74) is 2.90. The van der Waals surface area contributed by atoms with Gasteiger partial charge in [0.15, 0.2) is 0 Å². The third kappa shape index (κ3) is 4.53. The molecule has 0 aliphatic heterocycles. The van der Waals surface area contributed by atoms with Crippen LogP contribution in [0, 0.1) is 5.92 Å². The first-order chi connectivity index (χ1) is 17.0. The van der Waals surface area contributed by atoms with Crippen molar-refractivity contribution in [1.82, 2.24) is 9.55 Å². The Kier molecular flexibility index (Phi) is 6.53. The second-order valence-corrected chi connectivity index (χ2v) is 10.7. The van der Waals surface area contributed by atoms with E-state index >= 15 is 0 Å². The lowest BCUT2D eigenvalue weighted by Crippen LogP contribution is -2.28. The second kappa shape index (κ2) is 9.75. The lowest BCUT2D eigenvalue weighted by atomic mass is 9.88. The number of fused-ring (bicyclic) bond motifs is 2. The lowest BCUT2D eigenvalue weighted by molar-refractivity contribution is -0.116. The Hall–Kier alpha value is -3.30. The van der Waals surface area contributed by atoms with Gasteiger partial charge in [-0.3, -0.25) is 14.2 Å². The monoisotopic (exact) mass is 507 g/mol. The van der Waals surface area contributed by atoms with Gasteiger partial charge in [-0.25, -0.2) is 9.78 Å². The van der Waals surface area contributed by atoms with E-state index in [-0.39, 0.29) is 24.6 Å². The Morgan fingerprint density at radius 3 is 2.83 bits per heavy atom. The van der Waals surface area contributed by atoms with Gasteiger partial charge in [-0.05, 0) is 43.2 Å². The van der Waals surface area contributed by atoms with Gasteiger partial charge < -0.3 is 10.1 Å². The van der Waals surface area contributed by atoms with Crippen LogP contribution >= 0.6 is 22.7 Å². The first-order valence-electron chi connectivity index (χ1n) is 11.6. The summed E-state index contributed by atoms with van der Waals surface area (Å²) in [6, 6.07) is 9.66. The zero-order chi connectivity index (χ0) is 24.5. The van der Waals surface area contributed by atoms with Crippen molar-refractivity contribution in [2.75, 3.05) is 11.9 Å². The number of rotatable bonds is 6. The number of thiophene rings is 2. The molecule has 0 radical (unpaired) electrons. The fourth-order valence-electron chi connectivity index (χ4n) is 4.49. The number of amides is 1. The van der Waals surface area contributed by atoms with Gasteiger partial charge in [-0.1, -0.05) is 37.3 Å². The number of hydrogen-bond donors (Lipinski definition) is 1. The molecule has 1 aliphatic carbocycles. The number of benzene rings is 1. The number of ether oxygens (including phenoxy) is 1. The molecule has 180 valence electrons. The average Bonchev–Trinajstić information content (AvgIpc) is 3.43. The molecule has 0 spiro atoms. The molecule has 3 heterocycles. The number of carbonyl (C=O) groups is 2. The van der Waals surface area contributed by atoms with Crippen molar-refractivity contribution in [3.05, 3.63) is 68.4 Å². The highest BCUT2D eigenvalue weighted by Crippen LogP contribution is 2.40. The topological polar surface area (TPSA) is 90.3 Å². The molecule has 0 saturated carbocycles. The van der Waals surface area contributed by atoms with Crippen LogP contribution in [0.1, 0.15) is 41.1 Å². The highest BCUT2D eigenvalue weighted by Gasteiger charge is 2.29. The molecule has 4 aromatic rings. The van der Waals surface area contributed by atoms with E-state index in [2.05, 4.69) is 17.2 Å². The van der Waals surface area contributed by atoms with Gasteiger partial charge >= 0.3 is 5.97 Å². The van der Waals surface area contributed by atoms with Crippen LogP contribution in [-0.4, -0.2) is 28.0 Å². The Morgan fingerprint density at radius 2 is 2.06 bits per heavy atom. The molecule has 0 saturated heterocycles. The molecule has 7 nitrogen and oxygen atoms in total. The lowest BCUT2D eigenvalue weighted by Gasteiger charge is -2.18. The van der Waals surface area contributed by atoms with E-state index in [1.54, 1.807) is 6.92 Å². The van der Waals surface area contributed by atoms with Crippen LogP contribution in [0.5, 0.6) is 0 Å². The predicted octanol–water partition coefficient (Wildman–Crippen LogP) is 5.13. The Morgan fingerprint density at radius 1 is 1.26 bits per heavy atom. The Bertz CT molecular complexity index is 1470. The van der Waals surface area contributed by atoms with Crippen LogP contribution in [0.2, 0.25) is 0 Å². The molecule has 0 unspecified atom stereocenters. The van der Waals surface area contributed by atoms with E-state index < -0.39 is 5.97 Å². The van der Waals surface area contributed by atoms with E-state index in [0.29, 0.717) is 26.7 Å². The van der Waals surface area contributed by atoms with Crippen molar-refractivity contribution in [1.29, 1.82) is 0 Å². The fraction of sp³-hybridized carbons (Fsp3) is 0.308. The van der Waals surface area contributed by atoms with Crippen molar-refractivity contribution in [2.45, 2.75) is 39.7 Å². The maximum absolute atomic E-state index is 13.3. The molecule has 5 rings (SSSR count). The SMILES string of the molecule is CCOC(=O)c1c(NC(=O)Cn2cnc3scc(-c4ccccc4)c3c2=O)sc2c1CC[C@H](C)C2. The van der Waals surface area contributed by atoms with Gasteiger partial charge in [0.1, 0.15) is 16.4 Å². The quantitative estimate of drug-likeness (QED) is 0.366. The zero-order valence-corrected chi connectivity index (χ0v) is 21.1. The van der Waals surface area contributed by atoms with E-state index in [1.165, 1.54) is 33.6 Å². The molecule has 0 bridgehead atoms. The maximum atomic E-state index is 13.3. The smallest absolute Gasteiger partial charge is 0.341 e. The van der Waals surface area contributed by atoms with E-state index in [9.17, 15) is 14.4 Å². The number of nitrogens with zero attached hydrogens (tertiary/aromatic N) is 2. The molecule has 3 aromatic heterocycles. The van der Waals surface area contributed by atoms with Crippen molar-refractivity contribution in [2.24, 2.45) is 5.92 Å². The van der Waals surface area contributed by atoms with Crippen LogP contribution < -0.4 is 10.9 Å². The second-order valence-electron chi connectivity index (χ2n) is 8.70. The van der Waals surface area contributed by atoms with Gasteiger partial charge in [0.2, 0.25) is 5.91 Å². The molecule has 35 heavy (non-hydrogen) atoms. The molecule has 1 amide bonds. The summed E-state index contributed by atoms with van der Waals surface area (Å²) in [5.74, 6) is -0.275. The van der Waals surface area contributed by atoms with Crippen LogP contribution in [0.3, 0.4) is 0 Å². The van der Waals surface area contributed by atoms with Crippen molar-refractivity contribution >= 4 is 49.8 Å². The number of hydrogen-bond acceptors (Lipinski definition) is 7. The molecule has 0 fully saturated rings.